The Morgan fingerprint density at radius 3 is 2.71 bits per heavy atom. The van der Waals surface area contributed by atoms with Crippen LogP contribution in [-0.2, 0) is 6.54 Å². The third kappa shape index (κ3) is 3.68. The maximum atomic E-state index is 8.85. The van der Waals surface area contributed by atoms with Gasteiger partial charge in [-0.25, -0.2) is 0 Å². The molecule has 0 amide bonds. The molecule has 0 atom stereocenters. The Hall–Kier alpha value is -1.19. The van der Waals surface area contributed by atoms with Crippen LogP contribution in [0.1, 0.15) is 5.56 Å². The van der Waals surface area contributed by atoms with Gasteiger partial charge in [-0.1, -0.05) is 6.08 Å². The summed E-state index contributed by atoms with van der Waals surface area (Å²) in [7, 11) is 0. The van der Waals surface area contributed by atoms with E-state index in [9.17, 15) is 0 Å². The second-order valence-electron chi connectivity index (χ2n) is 3.10. The van der Waals surface area contributed by atoms with E-state index in [1.54, 1.807) is 12.4 Å². The fraction of sp³-hybridized carbons (Fsp3) is 0.364. The van der Waals surface area contributed by atoms with Crippen LogP contribution in [0.4, 0.5) is 0 Å². The van der Waals surface area contributed by atoms with E-state index in [4.69, 9.17) is 5.11 Å². The number of pyridine rings is 1. The van der Waals surface area contributed by atoms with Gasteiger partial charge in [0.15, 0.2) is 0 Å². The predicted octanol–water partition coefficient (Wildman–Crippen LogP) is 1.06. The molecule has 1 N–H and O–H groups in total. The Morgan fingerprint density at radius 2 is 2.14 bits per heavy atom. The minimum absolute atomic E-state index is 0.179. The molecule has 1 rings (SSSR count). The molecule has 0 saturated heterocycles. The molecule has 0 spiro atoms. The fourth-order valence-electron chi connectivity index (χ4n) is 1.31. The van der Waals surface area contributed by atoms with Gasteiger partial charge in [0.1, 0.15) is 0 Å². The van der Waals surface area contributed by atoms with Gasteiger partial charge in [-0.2, -0.15) is 0 Å². The monoisotopic (exact) mass is 192 g/mol. The van der Waals surface area contributed by atoms with Crippen LogP contribution in [-0.4, -0.2) is 34.7 Å². The average Bonchev–Trinajstić information content (AvgIpc) is 2.20. The Balaban J connectivity index is 2.50. The number of rotatable bonds is 6. The van der Waals surface area contributed by atoms with E-state index in [0.717, 1.165) is 13.1 Å². The molecule has 1 aromatic heterocycles. The Labute approximate surface area is 84.7 Å². The molecule has 1 aromatic rings. The van der Waals surface area contributed by atoms with Crippen molar-refractivity contribution in [1.29, 1.82) is 0 Å². The van der Waals surface area contributed by atoms with Gasteiger partial charge >= 0.3 is 0 Å². The molecule has 0 unspecified atom stereocenters. The Bertz CT molecular complexity index is 261. The first-order valence-electron chi connectivity index (χ1n) is 4.70. The minimum atomic E-state index is 0.179. The third-order valence-electron chi connectivity index (χ3n) is 1.96. The number of hydrogen-bond donors (Lipinski definition) is 1. The van der Waals surface area contributed by atoms with E-state index in [-0.39, 0.29) is 6.61 Å². The summed E-state index contributed by atoms with van der Waals surface area (Å²) in [5.74, 6) is 0. The summed E-state index contributed by atoms with van der Waals surface area (Å²) in [4.78, 5) is 6.08. The highest BCUT2D eigenvalue weighted by Gasteiger charge is 2.02. The second-order valence-corrected chi connectivity index (χ2v) is 3.10. The van der Waals surface area contributed by atoms with Gasteiger partial charge in [0, 0.05) is 32.0 Å². The number of aromatic nitrogens is 1. The van der Waals surface area contributed by atoms with Crippen molar-refractivity contribution in [2.45, 2.75) is 6.54 Å². The summed E-state index contributed by atoms with van der Waals surface area (Å²) in [6.45, 7) is 6.17. The van der Waals surface area contributed by atoms with Crippen LogP contribution >= 0.6 is 0 Å². The van der Waals surface area contributed by atoms with Crippen molar-refractivity contribution in [1.82, 2.24) is 9.88 Å². The molecule has 1 heterocycles. The normalized spacial score (nSPS) is 10.4. The van der Waals surface area contributed by atoms with E-state index in [0.29, 0.717) is 6.54 Å². The number of nitrogens with zero attached hydrogens (tertiary/aromatic N) is 2. The molecule has 0 aliphatic rings. The lowest BCUT2D eigenvalue weighted by atomic mass is 10.2. The highest BCUT2D eigenvalue weighted by molar-refractivity contribution is 5.09. The Morgan fingerprint density at radius 1 is 1.43 bits per heavy atom. The molecule has 0 radical (unpaired) electrons. The fourth-order valence-corrected chi connectivity index (χ4v) is 1.31. The van der Waals surface area contributed by atoms with Crippen molar-refractivity contribution in [2.75, 3.05) is 19.7 Å². The largest absolute Gasteiger partial charge is 0.395 e. The van der Waals surface area contributed by atoms with Crippen molar-refractivity contribution >= 4 is 0 Å². The summed E-state index contributed by atoms with van der Waals surface area (Å²) in [6.07, 6.45) is 5.40. The number of aliphatic hydroxyl groups excluding tert-OH is 1. The molecular formula is C11H16N2O. The highest BCUT2D eigenvalue weighted by atomic mass is 16.3. The van der Waals surface area contributed by atoms with Crippen LogP contribution in [0.25, 0.3) is 0 Å². The van der Waals surface area contributed by atoms with E-state index < -0.39 is 0 Å². The Kier molecular flexibility index (Phi) is 4.89. The van der Waals surface area contributed by atoms with Crippen molar-refractivity contribution < 1.29 is 5.11 Å². The maximum Gasteiger partial charge on any atom is 0.0558 e. The van der Waals surface area contributed by atoms with Crippen molar-refractivity contribution in [3.8, 4) is 0 Å². The molecular weight excluding hydrogens is 176 g/mol. The first-order valence-corrected chi connectivity index (χ1v) is 4.70. The lowest BCUT2D eigenvalue weighted by molar-refractivity contribution is 0.203. The summed E-state index contributed by atoms with van der Waals surface area (Å²) in [6, 6.07) is 3.96. The van der Waals surface area contributed by atoms with Crippen molar-refractivity contribution in [2.24, 2.45) is 0 Å². The number of aliphatic hydroxyl groups is 1. The standard InChI is InChI=1S/C11H16N2O/c1-2-7-13(8-9-14)10-11-3-5-12-6-4-11/h2-6,14H,1,7-10H2. The first kappa shape index (κ1) is 10.9. The van der Waals surface area contributed by atoms with Gasteiger partial charge in [-0.3, -0.25) is 9.88 Å². The van der Waals surface area contributed by atoms with Gasteiger partial charge < -0.3 is 5.11 Å². The molecule has 76 valence electrons. The summed E-state index contributed by atoms with van der Waals surface area (Å²) >= 11 is 0. The van der Waals surface area contributed by atoms with Crippen LogP contribution in [0.15, 0.2) is 37.2 Å². The van der Waals surface area contributed by atoms with Gasteiger partial charge in [0.05, 0.1) is 6.61 Å². The summed E-state index contributed by atoms with van der Waals surface area (Å²) in [5, 5.41) is 8.85. The second kappa shape index (κ2) is 6.29. The van der Waals surface area contributed by atoms with Crippen molar-refractivity contribution in [3.05, 3.63) is 42.7 Å². The molecule has 3 nitrogen and oxygen atoms in total. The molecule has 0 aliphatic carbocycles. The van der Waals surface area contributed by atoms with Crippen LogP contribution in [0.2, 0.25) is 0 Å². The van der Waals surface area contributed by atoms with E-state index in [2.05, 4.69) is 16.5 Å². The molecule has 0 saturated carbocycles. The highest BCUT2D eigenvalue weighted by Crippen LogP contribution is 2.02. The van der Waals surface area contributed by atoms with E-state index in [1.807, 2.05) is 18.2 Å². The summed E-state index contributed by atoms with van der Waals surface area (Å²) in [5.41, 5.74) is 1.20. The SMILES string of the molecule is C=CCN(CCO)Cc1ccncc1. The topological polar surface area (TPSA) is 36.4 Å². The molecule has 0 aromatic carbocycles. The predicted molar refractivity (Wildman–Crippen MR) is 56.8 cm³/mol. The lowest BCUT2D eigenvalue weighted by Gasteiger charge is -2.19. The van der Waals surface area contributed by atoms with Gasteiger partial charge in [-0.05, 0) is 17.7 Å². The molecule has 0 aliphatic heterocycles. The quantitative estimate of drug-likeness (QED) is 0.685. The van der Waals surface area contributed by atoms with Crippen molar-refractivity contribution in [3.63, 3.8) is 0 Å². The number of hydrogen-bond acceptors (Lipinski definition) is 3. The molecule has 3 heteroatoms. The molecule has 0 bridgehead atoms. The maximum absolute atomic E-state index is 8.85. The van der Waals surface area contributed by atoms with Crippen LogP contribution in [0.5, 0.6) is 0 Å². The van der Waals surface area contributed by atoms with Crippen LogP contribution < -0.4 is 0 Å². The van der Waals surface area contributed by atoms with E-state index in [1.165, 1.54) is 5.56 Å². The zero-order chi connectivity index (χ0) is 10.2. The lowest BCUT2D eigenvalue weighted by Crippen LogP contribution is -2.26. The van der Waals surface area contributed by atoms with Crippen LogP contribution in [0.3, 0.4) is 0 Å². The van der Waals surface area contributed by atoms with Gasteiger partial charge in [0.2, 0.25) is 0 Å². The molecule has 14 heavy (non-hydrogen) atoms. The van der Waals surface area contributed by atoms with E-state index >= 15 is 0 Å². The zero-order valence-electron chi connectivity index (χ0n) is 8.26. The minimum Gasteiger partial charge on any atom is -0.395 e. The van der Waals surface area contributed by atoms with Gasteiger partial charge in [-0.15, -0.1) is 6.58 Å². The average molecular weight is 192 g/mol. The molecule has 0 fully saturated rings. The third-order valence-corrected chi connectivity index (χ3v) is 1.96. The smallest absolute Gasteiger partial charge is 0.0558 e. The zero-order valence-corrected chi connectivity index (χ0v) is 8.26. The summed E-state index contributed by atoms with van der Waals surface area (Å²) < 4.78 is 0. The van der Waals surface area contributed by atoms with Crippen LogP contribution in [0, 0.1) is 0 Å². The van der Waals surface area contributed by atoms with Gasteiger partial charge in [0.25, 0.3) is 0 Å². The first-order chi connectivity index (χ1) is 6.86.